The van der Waals surface area contributed by atoms with E-state index in [1.807, 2.05) is 36.4 Å². The lowest BCUT2D eigenvalue weighted by atomic mass is 10.0. The van der Waals surface area contributed by atoms with Crippen molar-refractivity contribution in [3.8, 4) is 5.75 Å². The van der Waals surface area contributed by atoms with Gasteiger partial charge in [-0.3, -0.25) is 4.98 Å². The van der Waals surface area contributed by atoms with Gasteiger partial charge in [0.1, 0.15) is 12.4 Å². The number of nitrogen functional groups attached to an aromatic ring is 1. The molecule has 3 aromatic rings. The molecule has 1 aromatic heterocycles. The van der Waals surface area contributed by atoms with Gasteiger partial charge >= 0.3 is 0 Å². The van der Waals surface area contributed by atoms with Gasteiger partial charge in [0.15, 0.2) is 0 Å². The largest absolute Gasteiger partial charge is 0.489 e. The van der Waals surface area contributed by atoms with Crippen LogP contribution in [0.1, 0.15) is 24.5 Å². The molecule has 0 amide bonds. The van der Waals surface area contributed by atoms with E-state index in [0.29, 0.717) is 6.61 Å². The van der Waals surface area contributed by atoms with E-state index < -0.39 is 0 Å². The first kappa shape index (κ1) is 16.8. The Bertz CT molecular complexity index is 772. The van der Waals surface area contributed by atoms with E-state index in [4.69, 9.17) is 10.5 Å². The molecule has 3 rings (SSSR count). The molecule has 120 valence electrons. The molecule has 0 aliphatic heterocycles. The normalized spacial score (nSPS) is 10.3. The van der Waals surface area contributed by atoms with Gasteiger partial charge in [-0.2, -0.15) is 0 Å². The van der Waals surface area contributed by atoms with Crippen LogP contribution in [-0.2, 0) is 13.0 Å². The summed E-state index contributed by atoms with van der Waals surface area (Å²) >= 11 is 0. The number of benzene rings is 2. The fourth-order valence-corrected chi connectivity index (χ4v) is 2.60. The highest BCUT2D eigenvalue weighted by Gasteiger charge is 2.07. The van der Waals surface area contributed by atoms with Crippen LogP contribution in [0.15, 0.2) is 54.7 Å². The van der Waals surface area contributed by atoms with Crippen LogP contribution in [0, 0.1) is 0 Å². The maximum absolute atomic E-state index is 6.08. The van der Waals surface area contributed by atoms with Gasteiger partial charge in [-0.1, -0.05) is 43.7 Å². The minimum atomic E-state index is 0. The zero-order valence-corrected chi connectivity index (χ0v) is 13.5. The molecule has 0 atom stereocenters. The second-order valence-electron chi connectivity index (χ2n) is 5.40. The molecule has 0 aliphatic rings. The highest BCUT2D eigenvalue weighted by Crippen LogP contribution is 2.27. The Morgan fingerprint density at radius 3 is 2.61 bits per heavy atom. The summed E-state index contributed by atoms with van der Waals surface area (Å²) in [5.41, 5.74) is 10.1. The number of nitrogens with two attached hydrogens (primary N) is 1. The SMILES string of the molecule is CCCc1c(N)cnc2ccc(OCc3ccccc3)cc12.N. The predicted octanol–water partition coefficient (Wildman–Crippen LogP) is 4.51. The lowest BCUT2D eigenvalue weighted by molar-refractivity contribution is 0.306. The Labute approximate surface area is 136 Å². The summed E-state index contributed by atoms with van der Waals surface area (Å²) in [6.45, 7) is 2.71. The Balaban J connectivity index is 0.00000192. The zero-order chi connectivity index (χ0) is 15.4. The van der Waals surface area contributed by atoms with Gasteiger partial charge in [0.05, 0.1) is 17.4 Å². The van der Waals surface area contributed by atoms with E-state index in [-0.39, 0.29) is 6.15 Å². The lowest BCUT2D eigenvalue weighted by Crippen LogP contribution is -1.99. The molecule has 0 bridgehead atoms. The molecule has 23 heavy (non-hydrogen) atoms. The highest BCUT2D eigenvalue weighted by molar-refractivity contribution is 5.87. The minimum Gasteiger partial charge on any atom is -0.489 e. The molecule has 4 nitrogen and oxygen atoms in total. The van der Waals surface area contributed by atoms with Crippen molar-refractivity contribution < 1.29 is 4.74 Å². The number of pyridine rings is 1. The molecule has 0 saturated heterocycles. The summed E-state index contributed by atoms with van der Waals surface area (Å²) in [7, 11) is 0. The van der Waals surface area contributed by atoms with Gasteiger partial charge in [0, 0.05) is 5.39 Å². The molecule has 2 aromatic carbocycles. The summed E-state index contributed by atoms with van der Waals surface area (Å²) in [6.07, 6.45) is 3.75. The van der Waals surface area contributed by atoms with Crippen LogP contribution in [0.4, 0.5) is 5.69 Å². The van der Waals surface area contributed by atoms with Crippen LogP contribution in [-0.4, -0.2) is 4.98 Å². The van der Waals surface area contributed by atoms with Crippen molar-refractivity contribution in [1.82, 2.24) is 11.1 Å². The van der Waals surface area contributed by atoms with E-state index in [9.17, 15) is 0 Å². The monoisotopic (exact) mass is 309 g/mol. The molecule has 4 heteroatoms. The fraction of sp³-hybridized carbons (Fsp3) is 0.211. The van der Waals surface area contributed by atoms with Crippen LogP contribution < -0.4 is 16.6 Å². The topological polar surface area (TPSA) is 83.1 Å². The van der Waals surface area contributed by atoms with Crippen molar-refractivity contribution in [3.63, 3.8) is 0 Å². The lowest BCUT2D eigenvalue weighted by Gasteiger charge is -2.11. The van der Waals surface area contributed by atoms with Crippen molar-refractivity contribution in [2.45, 2.75) is 26.4 Å². The standard InChI is InChI=1S/C19H20N2O.H3N/c1-2-6-16-17-11-15(9-10-19(17)21-12-18(16)20)22-13-14-7-4-3-5-8-14;/h3-5,7-12H,2,6,13,20H2,1H3;1H3. The van der Waals surface area contributed by atoms with Gasteiger partial charge in [-0.15, -0.1) is 0 Å². The molecule has 0 saturated carbocycles. The van der Waals surface area contributed by atoms with Crippen molar-refractivity contribution in [3.05, 3.63) is 65.9 Å². The highest BCUT2D eigenvalue weighted by atomic mass is 16.5. The molecule has 0 fully saturated rings. The second-order valence-corrected chi connectivity index (χ2v) is 5.40. The number of aryl methyl sites for hydroxylation is 1. The summed E-state index contributed by atoms with van der Waals surface area (Å²) in [6, 6.07) is 16.2. The number of aromatic nitrogens is 1. The summed E-state index contributed by atoms with van der Waals surface area (Å²) in [5.74, 6) is 0.848. The Morgan fingerprint density at radius 2 is 1.87 bits per heavy atom. The van der Waals surface area contributed by atoms with Crippen LogP contribution in [0.3, 0.4) is 0 Å². The first-order chi connectivity index (χ1) is 10.8. The summed E-state index contributed by atoms with van der Waals surface area (Å²) < 4.78 is 5.90. The van der Waals surface area contributed by atoms with Crippen LogP contribution in [0.2, 0.25) is 0 Å². The van der Waals surface area contributed by atoms with Crippen molar-refractivity contribution in [2.75, 3.05) is 5.73 Å². The average Bonchev–Trinajstić information content (AvgIpc) is 2.56. The van der Waals surface area contributed by atoms with Gasteiger partial charge in [0.25, 0.3) is 0 Å². The molecule has 1 heterocycles. The number of hydrogen-bond acceptors (Lipinski definition) is 4. The average molecular weight is 309 g/mol. The summed E-state index contributed by atoms with van der Waals surface area (Å²) in [5, 5.41) is 1.09. The van der Waals surface area contributed by atoms with Crippen LogP contribution in [0.25, 0.3) is 10.9 Å². The van der Waals surface area contributed by atoms with E-state index >= 15 is 0 Å². The Morgan fingerprint density at radius 1 is 1.09 bits per heavy atom. The second kappa shape index (κ2) is 7.61. The Kier molecular flexibility index (Phi) is 5.55. The number of hydrogen-bond donors (Lipinski definition) is 2. The Hall–Kier alpha value is -2.59. The fourth-order valence-electron chi connectivity index (χ4n) is 2.60. The van der Waals surface area contributed by atoms with E-state index in [0.717, 1.165) is 46.3 Å². The first-order valence-corrected chi connectivity index (χ1v) is 7.61. The molecular weight excluding hydrogens is 286 g/mol. The smallest absolute Gasteiger partial charge is 0.120 e. The van der Waals surface area contributed by atoms with Gasteiger partial charge < -0.3 is 16.6 Å². The molecule has 5 N–H and O–H groups in total. The van der Waals surface area contributed by atoms with Gasteiger partial charge in [0.2, 0.25) is 0 Å². The van der Waals surface area contributed by atoms with E-state index in [1.165, 1.54) is 0 Å². The van der Waals surface area contributed by atoms with E-state index in [1.54, 1.807) is 6.20 Å². The molecular formula is C19H23N3O. The van der Waals surface area contributed by atoms with Crippen molar-refractivity contribution >= 4 is 16.6 Å². The third-order valence-electron chi connectivity index (χ3n) is 3.73. The van der Waals surface area contributed by atoms with Crippen LogP contribution >= 0.6 is 0 Å². The number of fused-ring (bicyclic) bond motifs is 1. The zero-order valence-electron chi connectivity index (χ0n) is 13.5. The van der Waals surface area contributed by atoms with E-state index in [2.05, 4.69) is 24.0 Å². The third kappa shape index (κ3) is 3.79. The van der Waals surface area contributed by atoms with Crippen LogP contribution in [0.5, 0.6) is 5.75 Å². The maximum atomic E-state index is 6.08. The molecule has 0 radical (unpaired) electrons. The molecule has 0 aliphatic carbocycles. The third-order valence-corrected chi connectivity index (χ3v) is 3.73. The summed E-state index contributed by atoms with van der Waals surface area (Å²) in [4.78, 5) is 4.40. The first-order valence-electron chi connectivity index (χ1n) is 7.61. The van der Waals surface area contributed by atoms with Gasteiger partial charge in [-0.25, -0.2) is 0 Å². The maximum Gasteiger partial charge on any atom is 0.120 e. The van der Waals surface area contributed by atoms with Gasteiger partial charge in [-0.05, 0) is 35.7 Å². The quantitative estimate of drug-likeness (QED) is 0.726. The number of ether oxygens (including phenoxy) is 1. The minimum absolute atomic E-state index is 0. The predicted molar refractivity (Wildman–Crippen MR) is 95.9 cm³/mol. The number of nitrogens with zero attached hydrogens (tertiary/aromatic N) is 1. The number of rotatable bonds is 5. The van der Waals surface area contributed by atoms with Crippen molar-refractivity contribution in [1.29, 1.82) is 0 Å². The molecule has 0 unspecified atom stereocenters. The number of anilines is 1. The molecule has 0 spiro atoms. The van der Waals surface area contributed by atoms with Crippen molar-refractivity contribution in [2.24, 2.45) is 0 Å².